The number of para-hydroxylation sites is 1. The maximum Gasteiger partial charge on any atom is 0.247 e. The minimum atomic E-state index is -0.284. The molecular weight excluding hydrogens is 472 g/mol. The van der Waals surface area contributed by atoms with E-state index in [0.717, 1.165) is 53.9 Å². The van der Waals surface area contributed by atoms with E-state index in [1.165, 1.54) is 11.8 Å². The fourth-order valence-corrected chi connectivity index (χ4v) is 4.50. The van der Waals surface area contributed by atoms with E-state index in [9.17, 15) is 4.79 Å². The molecule has 7 nitrogen and oxygen atoms in total. The van der Waals surface area contributed by atoms with Gasteiger partial charge < -0.3 is 20.4 Å². The van der Waals surface area contributed by atoms with E-state index in [4.69, 9.17) is 16.6 Å². The predicted octanol–water partition coefficient (Wildman–Crippen LogP) is 5.57. The van der Waals surface area contributed by atoms with Gasteiger partial charge in [-0.05, 0) is 55.6 Å². The van der Waals surface area contributed by atoms with Crippen molar-refractivity contribution in [2.24, 2.45) is 0 Å². The van der Waals surface area contributed by atoms with Crippen LogP contribution in [0, 0.1) is 0 Å². The number of nitrogens with one attached hydrogen (secondary N) is 2. The van der Waals surface area contributed by atoms with Crippen LogP contribution in [-0.2, 0) is 4.79 Å². The number of fused-ring (bicyclic) bond motifs is 1. The lowest BCUT2D eigenvalue weighted by Crippen LogP contribution is -2.44. The number of halogens is 1. The molecule has 1 fully saturated rings. The van der Waals surface area contributed by atoms with Gasteiger partial charge in [0.25, 0.3) is 0 Å². The molecule has 0 spiro atoms. The van der Waals surface area contributed by atoms with E-state index in [1.807, 2.05) is 24.3 Å². The van der Waals surface area contributed by atoms with E-state index in [2.05, 4.69) is 63.3 Å². The van der Waals surface area contributed by atoms with E-state index < -0.39 is 0 Å². The number of piperazine rings is 1. The molecule has 0 atom stereocenters. The molecule has 1 saturated heterocycles. The molecule has 0 radical (unpaired) electrons. The first kappa shape index (κ1) is 23.8. The quantitative estimate of drug-likeness (QED) is 0.338. The second-order valence-corrected chi connectivity index (χ2v) is 9.19. The number of likely N-dealkylation sites (N-methyl/N-ethyl adjacent to an activating group) is 1. The molecule has 0 saturated carbocycles. The summed E-state index contributed by atoms with van der Waals surface area (Å²) < 4.78 is 0. The number of carbonyl (C=O) groups excluding carboxylic acids is 1. The summed E-state index contributed by atoms with van der Waals surface area (Å²) in [5.74, 6) is 0.211. The topological polar surface area (TPSA) is 73.4 Å². The van der Waals surface area contributed by atoms with Crippen LogP contribution in [0.25, 0.3) is 22.0 Å². The Kier molecular flexibility index (Phi) is 6.84. The zero-order valence-corrected chi connectivity index (χ0v) is 20.8. The van der Waals surface area contributed by atoms with Gasteiger partial charge in [0.1, 0.15) is 0 Å². The van der Waals surface area contributed by atoms with Gasteiger partial charge in [0.15, 0.2) is 0 Å². The molecule has 0 unspecified atom stereocenters. The minimum Gasteiger partial charge on any atom is -0.369 e. The Morgan fingerprint density at radius 3 is 2.50 bits per heavy atom. The maximum absolute atomic E-state index is 11.8. The average molecular weight is 499 g/mol. The molecule has 0 aliphatic carbocycles. The summed E-state index contributed by atoms with van der Waals surface area (Å²) in [6.07, 6.45) is 3.03. The van der Waals surface area contributed by atoms with Gasteiger partial charge >= 0.3 is 0 Å². The summed E-state index contributed by atoms with van der Waals surface area (Å²) >= 11 is 6.56. The summed E-state index contributed by atoms with van der Waals surface area (Å²) in [6.45, 7) is 7.70. The SMILES string of the molecule is C=CC(=O)Nc1ccc(Cl)c(-c2cccc3cnc(Nc4ccc(N5CCN(C)CC5)cc4)nc23)c1. The van der Waals surface area contributed by atoms with E-state index in [1.54, 1.807) is 18.3 Å². The zero-order chi connectivity index (χ0) is 25.1. The smallest absolute Gasteiger partial charge is 0.247 e. The van der Waals surface area contributed by atoms with Gasteiger partial charge in [0.2, 0.25) is 11.9 Å². The molecular formula is C28H27ClN6O. The van der Waals surface area contributed by atoms with Gasteiger partial charge in [-0.3, -0.25) is 4.79 Å². The second kappa shape index (κ2) is 10.4. The van der Waals surface area contributed by atoms with Crippen molar-refractivity contribution < 1.29 is 4.79 Å². The first-order chi connectivity index (χ1) is 17.5. The van der Waals surface area contributed by atoms with E-state index in [0.29, 0.717) is 16.7 Å². The molecule has 4 aromatic rings. The average Bonchev–Trinajstić information content (AvgIpc) is 2.90. The summed E-state index contributed by atoms with van der Waals surface area (Å²) in [7, 11) is 2.16. The zero-order valence-electron chi connectivity index (χ0n) is 20.0. The third-order valence-electron chi connectivity index (χ3n) is 6.31. The van der Waals surface area contributed by atoms with Crippen LogP contribution < -0.4 is 15.5 Å². The molecule has 0 bridgehead atoms. The molecule has 182 valence electrons. The van der Waals surface area contributed by atoms with E-state index in [-0.39, 0.29) is 5.91 Å². The Hall–Kier alpha value is -3.94. The largest absolute Gasteiger partial charge is 0.369 e. The first-order valence-electron chi connectivity index (χ1n) is 11.8. The van der Waals surface area contributed by atoms with Gasteiger partial charge in [0.05, 0.1) is 5.52 Å². The van der Waals surface area contributed by atoms with Crippen molar-refractivity contribution >= 4 is 51.4 Å². The third kappa shape index (κ3) is 5.17. The van der Waals surface area contributed by atoms with E-state index >= 15 is 0 Å². The standard InChI is InChI=1S/C28H27ClN6O/c1-3-26(36)31-21-9-12-25(29)24(17-21)23-6-4-5-19-18-30-28(33-27(19)23)32-20-7-10-22(11-8-20)35-15-13-34(2)14-16-35/h3-12,17-18H,1,13-16H2,2H3,(H,31,36)(H,30,32,33). The number of hydrogen-bond acceptors (Lipinski definition) is 6. The molecule has 1 amide bonds. The summed E-state index contributed by atoms with van der Waals surface area (Å²) in [6, 6.07) is 19.6. The number of carbonyl (C=O) groups is 1. The van der Waals surface area contributed by atoms with Crippen LogP contribution in [0.5, 0.6) is 0 Å². The van der Waals surface area contributed by atoms with Crippen molar-refractivity contribution in [1.82, 2.24) is 14.9 Å². The van der Waals surface area contributed by atoms with Gasteiger partial charge in [-0.25, -0.2) is 9.97 Å². The molecule has 5 rings (SSSR count). The van der Waals surface area contributed by atoms with Crippen molar-refractivity contribution in [2.75, 3.05) is 48.8 Å². The highest BCUT2D eigenvalue weighted by atomic mass is 35.5. The van der Waals surface area contributed by atoms with Gasteiger partial charge in [-0.15, -0.1) is 0 Å². The van der Waals surface area contributed by atoms with Crippen molar-refractivity contribution in [3.8, 4) is 11.1 Å². The number of amides is 1. The van der Waals surface area contributed by atoms with Crippen LogP contribution in [-0.4, -0.2) is 54.0 Å². The molecule has 2 N–H and O–H groups in total. The van der Waals surface area contributed by atoms with Crippen LogP contribution in [0.2, 0.25) is 5.02 Å². The fourth-order valence-electron chi connectivity index (χ4n) is 4.29. The Morgan fingerprint density at radius 1 is 1.00 bits per heavy atom. The van der Waals surface area contributed by atoms with Crippen molar-refractivity contribution in [3.05, 3.63) is 84.5 Å². The molecule has 1 aromatic heterocycles. The number of anilines is 4. The van der Waals surface area contributed by atoms with Gasteiger partial charge in [0, 0.05) is 71.0 Å². The van der Waals surface area contributed by atoms with Crippen molar-refractivity contribution in [2.45, 2.75) is 0 Å². The normalized spacial score (nSPS) is 14.0. The Morgan fingerprint density at radius 2 is 1.75 bits per heavy atom. The monoisotopic (exact) mass is 498 g/mol. The molecule has 3 aromatic carbocycles. The molecule has 2 heterocycles. The number of nitrogens with zero attached hydrogens (tertiary/aromatic N) is 4. The van der Waals surface area contributed by atoms with Crippen LogP contribution in [0.15, 0.2) is 79.5 Å². The van der Waals surface area contributed by atoms with Crippen LogP contribution in [0.1, 0.15) is 0 Å². The van der Waals surface area contributed by atoms with Gasteiger partial charge in [-0.1, -0.05) is 36.4 Å². The Bertz CT molecular complexity index is 1410. The van der Waals surface area contributed by atoms with Crippen LogP contribution in [0.4, 0.5) is 23.0 Å². The van der Waals surface area contributed by atoms with Crippen LogP contribution in [0.3, 0.4) is 0 Å². The predicted molar refractivity (Wildman–Crippen MR) is 148 cm³/mol. The third-order valence-corrected chi connectivity index (χ3v) is 6.64. The lowest BCUT2D eigenvalue weighted by atomic mass is 10.0. The summed E-state index contributed by atoms with van der Waals surface area (Å²) in [4.78, 5) is 25.8. The lowest BCUT2D eigenvalue weighted by molar-refractivity contribution is -0.111. The number of rotatable bonds is 6. The highest BCUT2D eigenvalue weighted by molar-refractivity contribution is 6.34. The van der Waals surface area contributed by atoms with Crippen molar-refractivity contribution in [1.29, 1.82) is 0 Å². The summed E-state index contributed by atoms with van der Waals surface area (Å²) in [5.41, 5.74) is 5.14. The lowest BCUT2D eigenvalue weighted by Gasteiger charge is -2.34. The number of hydrogen-bond donors (Lipinski definition) is 2. The minimum absolute atomic E-state index is 0.284. The van der Waals surface area contributed by atoms with Gasteiger partial charge in [-0.2, -0.15) is 0 Å². The highest BCUT2D eigenvalue weighted by Crippen LogP contribution is 2.35. The first-order valence-corrected chi connectivity index (χ1v) is 12.2. The van der Waals surface area contributed by atoms with Crippen molar-refractivity contribution in [3.63, 3.8) is 0 Å². The fraction of sp³-hybridized carbons (Fsp3) is 0.179. The van der Waals surface area contributed by atoms with Crippen LogP contribution >= 0.6 is 11.6 Å². The second-order valence-electron chi connectivity index (χ2n) is 8.79. The molecule has 8 heteroatoms. The number of benzene rings is 3. The number of aromatic nitrogens is 2. The summed E-state index contributed by atoms with van der Waals surface area (Å²) in [5, 5.41) is 7.56. The molecule has 1 aliphatic rings. The maximum atomic E-state index is 11.8. The molecule has 36 heavy (non-hydrogen) atoms. The Balaban J connectivity index is 1.42. The molecule has 1 aliphatic heterocycles. The highest BCUT2D eigenvalue weighted by Gasteiger charge is 2.15. The Labute approximate surface area is 215 Å².